The number of benzene rings is 1. The molecule has 0 aliphatic heterocycles. The first-order valence-electron chi connectivity index (χ1n) is 5.60. The minimum Gasteiger partial charge on any atom is -0.294 e. The van der Waals surface area contributed by atoms with E-state index >= 15 is 0 Å². The minimum absolute atomic E-state index is 0.0603. The molecule has 0 unspecified atom stereocenters. The lowest BCUT2D eigenvalue weighted by Crippen LogP contribution is -2.02. The van der Waals surface area contributed by atoms with Gasteiger partial charge in [0.1, 0.15) is 5.82 Å². The number of halogens is 1. The summed E-state index contributed by atoms with van der Waals surface area (Å²) in [6.07, 6.45) is 1.52. The zero-order valence-electron chi connectivity index (χ0n) is 10.5. The van der Waals surface area contributed by atoms with Crippen LogP contribution >= 0.6 is 0 Å². The van der Waals surface area contributed by atoms with Crippen molar-refractivity contribution in [2.45, 2.75) is 20.8 Å². The lowest BCUT2D eigenvalue weighted by atomic mass is 10.1. The van der Waals surface area contributed by atoms with Gasteiger partial charge in [-0.15, -0.1) is 0 Å². The highest BCUT2D eigenvalue weighted by atomic mass is 19.1. The minimum atomic E-state index is -0.284. The van der Waals surface area contributed by atoms with Crippen LogP contribution in [0.4, 0.5) is 4.39 Å². The van der Waals surface area contributed by atoms with Crippen molar-refractivity contribution in [2.24, 2.45) is 0 Å². The normalized spacial score (nSPS) is 10.4. The zero-order chi connectivity index (χ0) is 13.3. The fourth-order valence-corrected chi connectivity index (χ4v) is 1.82. The predicted octanol–water partition coefficient (Wildman–Crippen LogP) is 3.10. The first-order valence-corrected chi connectivity index (χ1v) is 5.60. The van der Waals surface area contributed by atoms with Crippen LogP contribution in [0.2, 0.25) is 0 Å². The lowest BCUT2D eigenvalue weighted by Gasteiger charge is -2.07. The molecule has 1 aromatic carbocycles. The number of ketones is 1. The van der Waals surface area contributed by atoms with E-state index in [0.29, 0.717) is 17.1 Å². The Morgan fingerprint density at radius 2 is 2.00 bits per heavy atom. The van der Waals surface area contributed by atoms with Gasteiger partial charge in [-0.2, -0.15) is 0 Å². The summed E-state index contributed by atoms with van der Waals surface area (Å²) in [7, 11) is 0. The van der Waals surface area contributed by atoms with Crippen LogP contribution in [-0.4, -0.2) is 15.8 Å². The molecule has 0 amide bonds. The van der Waals surface area contributed by atoms with Crippen LogP contribution in [0.1, 0.15) is 28.5 Å². The number of nitrogens with zero attached hydrogens (tertiary/aromatic N) is 2. The van der Waals surface area contributed by atoms with E-state index in [-0.39, 0.29) is 11.6 Å². The maximum atomic E-state index is 13.0. The van der Waals surface area contributed by atoms with Gasteiger partial charge in [0.25, 0.3) is 0 Å². The third-order valence-corrected chi connectivity index (χ3v) is 2.79. The fraction of sp³-hybridized carbons (Fsp3) is 0.214. The Morgan fingerprint density at radius 1 is 1.28 bits per heavy atom. The van der Waals surface area contributed by atoms with Crippen LogP contribution in [0.5, 0.6) is 0 Å². The van der Waals surface area contributed by atoms with Gasteiger partial charge in [0.15, 0.2) is 11.6 Å². The van der Waals surface area contributed by atoms with Crippen molar-refractivity contribution in [2.75, 3.05) is 0 Å². The molecular formula is C14H13FN2O. The van der Waals surface area contributed by atoms with Crippen LogP contribution < -0.4 is 0 Å². The molecule has 4 heteroatoms. The number of rotatable bonds is 2. The van der Waals surface area contributed by atoms with Crippen molar-refractivity contribution >= 4 is 5.78 Å². The third kappa shape index (κ3) is 2.27. The second-order valence-corrected chi connectivity index (χ2v) is 4.21. The number of carbonyl (C=O) groups excluding carboxylic acids is 1. The van der Waals surface area contributed by atoms with E-state index < -0.39 is 0 Å². The molecule has 0 radical (unpaired) electrons. The van der Waals surface area contributed by atoms with E-state index in [4.69, 9.17) is 0 Å². The molecular weight excluding hydrogens is 231 g/mol. The fourth-order valence-electron chi connectivity index (χ4n) is 1.82. The van der Waals surface area contributed by atoms with Crippen molar-refractivity contribution in [3.63, 3.8) is 0 Å². The van der Waals surface area contributed by atoms with Crippen LogP contribution in [0.15, 0.2) is 24.4 Å². The Bertz CT molecular complexity index is 623. The number of hydrogen-bond acceptors (Lipinski definition) is 3. The van der Waals surface area contributed by atoms with Crippen molar-refractivity contribution < 1.29 is 9.18 Å². The molecule has 0 fully saturated rings. The average molecular weight is 244 g/mol. The van der Waals surface area contributed by atoms with E-state index in [1.165, 1.54) is 25.3 Å². The van der Waals surface area contributed by atoms with Crippen molar-refractivity contribution in [1.29, 1.82) is 0 Å². The Hall–Kier alpha value is -2.10. The molecule has 0 aliphatic carbocycles. The second-order valence-electron chi connectivity index (χ2n) is 4.21. The average Bonchev–Trinajstić information content (AvgIpc) is 2.28. The summed E-state index contributed by atoms with van der Waals surface area (Å²) in [6.45, 7) is 5.05. The van der Waals surface area contributed by atoms with Gasteiger partial charge >= 0.3 is 0 Å². The summed E-state index contributed by atoms with van der Waals surface area (Å²) < 4.78 is 13.0. The van der Waals surface area contributed by atoms with Gasteiger partial charge in [-0.3, -0.25) is 4.79 Å². The summed E-state index contributed by atoms with van der Waals surface area (Å²) >= 11 is 0. The quantitative estimate of drug-likeness (QED) is 0.762. The summed E-state index contributed by atoms with van der Waals surface area (Å²) in [5.74, 6) is 0.165. The van der Waals surface area contributed by atoms with Crippen molar-refractivity contribution in [3.8, 4) is 11.4 Å². The monoisotopic (exact) mass is 244 g/mol. The Kier molecular flexibility index (Phi) is 3.19. The Labute approximate surface area is 105 Å². The van der Waals surface area contributed by atoms with E-state index in [1.54, 1.807) is 19.9 Å². The molecule has 0 atom stereocenters. The zero-order valence-corrected chi connectivity index (χ0v) is 10.5. The van der Waals surface area contributed by atoms with E-state index in [2.05, 4.69) is 9.97 Å². The number of aromatic nitrogens is 2. The van der Waals surface area contributed by atoms with Crippen LogP contribution in [0, 0.1) is 19.7 Å². The van der Waals surface area contributed by atoms with Gasteiger partial charge in [0.05, 0.1) is 11.3 Å². The van der Waals surface area contributed by atoms with Gasteiger partial charge in [-0.05, 0) is 44.5 Å². The Balaban J connectivity index is 2.52. The van der Waals surface area contributed by atoms with Crippen LogP contribution in [0.25, 0.3) is 11.4 Å². The number of aryl methyl sites for hydroxylation is 2. The third-order valence-electron chi connectivity index (χ3n) is 2.79. The predicted molar refractivity (Wildman–Crippen MR) is 66.9 cm³/mol. The lowest BCUT2D eigenvalue weighted by molar-refractivity contribution is 0.101. The Morgan fingerprint density at radius 3 is 2.56 bits per heavy atom. The molecule has 3 nitrogen and oxygen atoms in total. The molecule has 0 N–H and O–H groups in total. The standard InChI is InChI=1S/C14H13FN2O/c1-8-6-11(15)4-5-12(8)14-16-7-13(10(3)18)9(2)17-14/h4-7H,1-3H3. The molecule has 2 aromatic rings. The highest BCUT2D eigenvalue weighted by Crippen LogP contribution is 2.21. The molecule has 0 saturated heterocycles. The number of carbonyl (C=O) groups is 1. The van der Waals surface area contributed by atoms with Crippen LogP contribution in [0.3, 0.4) is 0 Å². The molecule has 0 aliphatic rings. The molecule has 18 heavy (non-hydrogen) atoms. The molecule has 0 bridgehead atoms. The summed E-state index contributed by atoms with van der Waals surface area (Å²) in [4.78, 5) is 19.8. The SMILES string of the molecule is CC(=O)c1cnc(-c2ccc(F)cc2C)nc1C. The maximum absolute atomic E-state index is 13.0. The van der Waals surface area contributed by atoms with E-state index in [1.807, 2.05) is 0 Å². The number of hydrogen-bond donors (Lipinski definition) is 0. The van der Waals surface area contributed by atoms with Gasteiger partial charge in [0, 0.05) is 11.8 Å². The largest absolute Gasteiger partial charge is 0.294 e. The molecule has 0 spiro atoms. The number of Topliss-reactive ketones (excluding diaryl/α,β-unsaturated/α-hetero) is 1. The highest BCUT2D eigenvalue weighted by Gasteiger charge is 2.10. The summed E-state index contributed by atoms with van der Waals surface area (Å²) in [6, 6.07) is 4.46. The van der Waals surface area contributed by atoms with Gasteiger partial charge in [-0.1, -0.05) is 0 Å². The summed E-state index contributed by atoms with van der Waals surface area (Å²) in [5.41, 5.74) is 2.69. The topological polar surface area (TPSA) is 42.9 Å². The van der Waals surface area contributed by atoms with E-state index in [9.17, 15) is 9.18 Å². The first-order chi connectivity index (χ1) is 8.49. The molecule has 92 valence electrons. The van der Waals surface area contributed by atoms with Crippen molar-refractivity contribution in [3.05, 3.63) is 47.0 Å². The first kappa shape index (κ1) is 12.4. The van der Waals surface area contributed by atoms with Gasteiger partial charge < -0.3 is 0 Å². The van der Waals surface area contributed by atoms with Gasteiger partial charge in [-0.25, -0.2) is 14.4 Å². The maximum Gasteiger partial charge on any atom is 0.163 e. The molecule has 2 rings (SSSR count). The summed E-state index contributed by atoms with van der Waals surface area (Å²) in [5, 5.41) is 0. The second kappa shape index (κ2) is 4.64. The molecule has 0 saturated carbocycles. The molecule has 1 aromatic heterocycles. The van der Waals surface area contributed by atoms with Gasteiger partial charge in [0.2, 0.25) is 0 Å². The van der Waals surface area contributed by atoms with Crippen molar-refractivity contribution in [1.82, 2.24) is 9.97 Å². The highest BCUT2D eigenvalue weighted by molar-refractivity contribution is 5.94. The van der Waals surface area contributed by atoms with Crippen LogP contribution in [-0.2, 0) is 0 Å². The molecule has 1 heterocycles. The smallest absolute Gasteiger partial charge is 0.163 e. The van der Waals surface area contributed by atoms with E-state index in [0.717, 1.165) is 11.1 Å².